The first-order valence-electron chi connectivity index (χ1n) is 8.70. The number of methoxy groups -OCH3 is 1. The summed E-state index contributed by atoms with van der Waals surface area (Å²) in [4.78, 5) is 31.0. The van der Waals surface area contributed by atoms with Crippen molar-refractivity contribution in [3.05, 3.63) is 40.4 Å². The molecule has 1 aromatic carbocycles. The number of benzene rings is 1. The van der Waals surface area contributed by atoms with Crippen LogP contribution in [0.3, 0.4) is 0 Å². The van der Waals surface area contributed by atoms with E-state index >= 15 is 0 Å². The summed E-state index contributed by atoms with van der Waals surface area (Å²) in [6.45, 7) is 4.02. The van der Waals surface area contributed by atoms with Gasteiger partial charge in [-0.1, -0.05) is 19.1 Å². The molecule has 0 spiro atoms. The van der Waals surface area contributed by atoms with E-state index in [0.717, 1.165) is 22.7 Å². The van der Waals surface area contributed by atoms with Crippen LogP contribution in [0, 0.1) is 6.92 Å². The van der Waals surface area contributed by atoms with Crippen molar-refractivity contribution in [2.45, 2.75) is 32.7 Å². The summed E-state index contributed by atoms with van der Waals surface area (Å²) in [5, 5.41) is 6.24. The summed E-state index contributed by atoms with van der Waals surface area (Å²) >= 11 is 3.07. The van der Waals surface area contributed by atoms with E-state index in [0.29, 0.717) is 22.9 Å². The summed E-state index contributed by atoms with van der Waals surface area (Å²) in [5.74, 6) is 0.630. The molecule has 2 aromatic rings. The molecule has 0 fully saturated rings. The molecule has 0 saturated carbocycles. The highest BCUT2D eigenvalue weighted by Crippen LogP contribution is 2.23. The Morgan fingerprint density at radius 2 is 2.07 bits per heavy atom. The second-order valence-electron chi connectivity index (χ2n) is 5.87. The molecule has 1 aromatic heterocycles. The number of thioether (sulfide) groups is 1. The minimum atomic E-state index is -0.649. The molecule has 0 bridgehead atoms. The summed E-state index contributed by atoms with van der Waals surface area (Å²) < 4.78 is 5.24. The number of carbonyl (C=O) groups is 2. The molecule has 2 amide bonds. The maximum Gasteiger partial charge on any atom is 0.255 e. The highest BCUT2D eigenvalue weighted by Gasteiger charge is 2.23. The lowest BCUT2D eigenvalue weighted by Gasteiger charge is -2.18. The molecule has 1 atom stereocenters. The fourth-order valence-electron chi connectivity index (χ4n) is 2.57. The number of hydrogen-bond acceptors (Lipinski definition) is 6. The number of thiazole rings is 1. The van der Waals surface area contributed by atoms with Gasteiger partial charge in [-0.25, -0.2) is 4.98 Å². The molecule has 8 heteroatoms. The third-order valence-electron chi connectivity index (χ3n) is 4.04. The van der Waals surface area contributed by atoms with Crippen LogP contribution in [0.15, 0.2) is 24.3 Å². The van der Waals surface area contributed by atoms with E-state index in [1.54, 1.807) is 36.0 Å². The highest BCUT2D eigenvalue weighted by molar-refractivity contribution is 7.98. The number of carbonyl (C=O) groups excluding carboxylic acids is 2. The number of nitrogens with one attached hydrogen (secondary N) is 2. The van der Waals surface area contributed by atoms with Gasteiger partial charge >= 0.3 is 0 Å². The Morgan fingerprint density at radius 1 is 1.33 bits per heavy atom. The van der Waals surface area contributed by atoms with Crippen LogP contribution in [0.25, 0.3) is 0 Å². The van der Waals surface area contributed by atoms with Crippen LogP contribution < -0.4 is 15.4 Å². The van der Waals surface area contributed by atoms with Gasteiger partial charge in [-0.15, -0.1) is 11.3 Å². The molecule has 0 saturated heterocycles. The van der Waals surface area contributed by atoms with Crippen LogP contribution in [0.4, 0.5) is 5.13 Å². The van der Waals surface area contributed by atoms with Crippen molar-refractivity contribution < 1.29 is 14.3 Å². The van der Waals surface area contributed by atoms with Gasteiger partial charge in [0.05, 0.1) is 18.4 Å². The van der Waals surface area contributed by atoms with E-state index in [1.807, 2.05) is 20.1 Å². The Hall–Kier alpha value is -2.06. The second-order valence-corrected chi connectivity index (χ2v) is 8.06. The molecule has 2 rings (SSSR count). The molecular weight excluding hydrogens is 382 g/mol. The van der Waals surface area contributed by atoms with E-state index in [9.17, 15) is 9.59 Å². The maximum atomic E-state index is 12.7. The van der Waals surface area contributed by atoms with E-state index < -0.39 is 6.04 Å². The Bertz CT molecular complexity index is 792. The lowest BCUT2D eigenvalue weighted by Crippen LogP contribution is -2.44. The molecule has 146 valence electrons. The van der Waals surface area contributed by atoms with Crippen LogP contribution >= 0.6 is 23.1 Å². The maximum absolute atomic E-state index is 12.7. The summed E-state index contributed by atoms with van der Waals surface area (Å²) in [5.41, 5.74) is 1.38. The average Bonchev–Trinajstić information content (AvgIpc) is 3.03. The Balaban J connectivity index is 2.13. The van der Waals surface area contributed by atoms with E-state index in [1.165, 1.54) is 18.4 Å². The van der Waals surface area contributed by atoms with Crippen LogP contribution in [0.1, 0.15) is 34.3 Å². The Kier molecular flexibility index (Phi) is 8.12. The van der Waals surface area contributed by atoms with Crippen LogP contribution in [0.2, 0.25) is 0 Å². The number of rotatable bonds is 9. The average molecular weight is 408 g/mol. The standard InChI is InChI=1S/C19H25N3O3S2/c1-5-14-12(2)27-19(21-14)22-18(24)15(10-11-26-4)20-17(23)13-8-6-7-9-16(13)25-3/h6-9,15H,5,10-11H2,1-4H3,(H,20,23)(H,21,22,24). The molecular formula is C19H25N3O3S2. The topological polar surface area (TPSA) is 80.3 Å². The van der Waals surface area contributed by atoms with Gasteiger partial charge in [0.25, 0.3) is 5.91 Å². The van der Waals surface area contributed by atoms with E-state index in [2.05, 4.69) is 15.6 Å². The first-order chi connectivity index (χ1) is 13.0. The van der Waals surface area contributed by atoms with Crippen molar-refractivity contribution in [3.63, 3.8) is 0 Å². The van der Waals surface area contributed by atoms with Gasteiger partial charge in [0, 0.05) is 4.88 Å². The summed E-state index contributed by atoms with van der Waals surface area (Å²) in [6, 6.07) is 6.30. The van der Waals surface area contributed by atoms with Gasteiger partial charge in [0.15, 0.2) is 5.13 Å². The van der Waals surface area contributed by atoms with Crippen LogP contribution in [-0.4, -0.2) is 42.0 Å². The number of hydrogen-bond donors (Lipinski definition) is 2. The number of nitrogens with zero attached hydrogens (tertiary/aromatic N) is 1. The molecule has 1 unspecified atom stereocenters. The number of amides is 2. The number of aryl methyl sites for hydroxylation is 2. The molecule has 6 nitrogen and oxygen atoms in total. The molecule has 0 aliphatic carbocycles. The van der Waals surface area contributed by atoms with Crippen LogP contribution in [0.5, 0.6) is 5.75 Å². The van der Waals surface area contributed by atoms with Gasteiger partial charge in [0.1, 0.15) is 11.8 Å². The molecule has 1 heterocycles. The van der Waals surface area contributed by atoms with Gasteiger partial charge in [-0.3, -0.25) is 9.59 Å². The van der Waals surface area contributed by atoms with Crippen molar-refractivity contribution in [2.75, 3.05) is 24.4 Å². The molecule has 27 heavy (non-hydrogen) atoms. The van der Waals surface area contributed by atoms with Gasteiger partial charge in [0.2, 0.25) is 5.91 Å². The Morgan fingerprint density at radius 3 is 2.70 bits per heavy atom. The van der Waals surface area contributed by atoms with Gasteiger partial charge < -0.3 is 15.4 Å². The smallest absolute Gasteiger partial charge is 0.255 e. The molecule has 0 aliphatic rings. The molecule has 2 N–H and O–H groups in total. The lowest BCUT2D eigenvalue weighted by atomic mass is 10.1. The quantitative estimate of drug-likeness (QED) is 0.665. The monoisotopic (exact) mass is 407 g/mol. The largest absolute Gasteiger partial charge is 0.496 e. The summed E-state index contributed by atoms with van der Waals surface area (Å²) in [6.07, 6.45) is 3.31. The van der Waals surface area contributed by atoms with Crippen molar-refractivity contribution in [2.24, 2.45) is 0 Å². The van der Waals surface area contributed by atoms with Crippen LogP contribution in [-0.2, 0) is 11.2 Å². The van der Waals surface area contributed by atoms with Crippen molar-refractivity contribution in [1.29, 1.82) is 0 Å². The zero-order chi connectivity index (χ0) is 19.8. The zero-order valence-corrected chi connectivity index (χ0v) is 17.6. The summed E-state index contributed by atoms with van der Waals surface area (Å²) in [7, 11) is 1.51. The first kappa shape index (κ1) is 21.2. The Labute approximate surface area is 168 Å². The SMILES string of the molecule is CCc1nc(NC(=O)C(CCSC)NC(=O)c2ccccc2OC)sc1C. The van der Waals surface area contributed by atoms with Crippen molar-refractivity contribution >= 4 is 40.0 Å². The first-order valence-corrected chi connectivity index (χ1v) is 10.9. The second kappa shape index (κ2) is 10.3. The normalized spacial score (nSPS) is 11.7. The molecule has 0 aliphatic heterocycles. The fraction of sp³-hybridized carbons (Fsp3) is 0.421. The van der Waals surface area contributed by atoms with E-state index in [-0.39, 0.29) is 11.8 Å². The number of para-hydroxylation sites is 1. The minimum absolute atomic E-state index is 0.260. The van der Waals surface area contributed by atoms with E-state index in [4.69, 9.17) is 4.74 Å². The van der Waals surface area contributed by atoms with Gasteiger partial charge in [-0.2, -0.15) is 11.8 Å². The third kappa shape index (κ3) is 5.71. The predicted octanol–water partition coefficient (Wildman–Crippen LogP) is 3.51. The van der Waals surface area contributed by atoms with Crippen molar-refractivity contribution in [3.8, 4) is 5.75 Å². The zero-order valence-electron chi connectivity index (χ0n) is 16.0. The number of anilines is 1. The predicted molar refractivity (Wildman–Crippen MR) is 112 cm³/mol. The number of ether oxygens (including phenoxy) is 1. The molecule has 0 radical (unpaired) electrons. The lowest BCUT2D eigenvalue weighted by molar-refractivity contribution is -0.118. The van der Waals surface area contributed by atoms with Gasteiger partial charge in [-0.05, 0) is 43.9 Å². The highest BCUT2D eigenvalue weighted by atomic mass is 32.2. The third-order valence-corrected chi connectivity index (χ3v) is 5.61. The van der Waals surface area contributed by atoms with Crippen molar-refractivity contribution in [1.82, 2.24) is 10.3 Å². The number of aromatic nitrogens is 1. The fourth-order valence-corrected chi connectivity index (χ4v) is 3.95. The minimum Gasteiger partial charge on any atom is -0.496 e.